The summed E-state index contributed by atoms with van der Waals surface area (Å²) in [6.45, 7) is 12.8. The maximum Gasteiger partial charge on any atom is 0.291 e. The molecule has 0 bridgehead atoms. The van der Waals surface area contributed by atoms with Crippen LogP contribution >= 0.6 is 0 Å². The fourth-order valence-electron chi connectivity index (χ4n) is 2.97. The van der Waals surface area contributed by atoms with Gasteiger partial charge in [0, 0.05) is 12.6 Å². The molecule has 2 heterocycles. The number of carbonyl (C=O) groups excluding carboxylic acids is 1. The summed E-state index contributed by atoms with van der Waals surface area (Å²) in [6, 6.07) is 9.34. The number of rotatable bonds is 9. The highest BCUT2D eigenvalue weighted by Gasteiger charge is 2.22. The van der Waals surface area contributed by atoms with Crippen LogP contribution in [0.2, 0.25) is 19.6 Å². The second-order valence-corrected chi connectivity index (χ2v) is 13.4. The van der Waals surface area contributed by atoms with Crippen molar-refractivity contribution in [1.29, 1.82) is 0 Å². The van der Waals surface area contributed by atoms with E-state index < -0.39 is 14.0 Å². The molecule has 9 nitrogen and oxygen atoms in total. The molecule has 2 aromatic heterocycles. The number of aryl methyl sites for hydroxylation is 1. The number of anilines is 2. The zero-order valence-electron chi connectivity index (χ0n) is 19.7. The number of aromatic nitrogens is 2. The smallest absolute Gasteiger partial charge is 0.291 e. The van der Waals surface area contributed by atoms with E-state index in [2.05, 4.69) is 53.2 Å². The molecule has 3 aromatic rings. The number of nitrogens with zero attached hydrogens (tertiary/aromatic N) is 2. The summed E-state index contributed by atoms with van der Waals surface area (Å²) in [5.41, 5.74) is 1.15. The quantitative estimate of drug-likeness (QED) is 0.448. The molecule has 1 radical (unpaired) electrons. The fraction of sp³-hybridized carbons (Fsp3) is 0.304. The van der Waals surface area contributed by atoms with Crippen LogP contribution in [0.5, 0.6) is 23.5 Å². The molecule has 0 unspecified atom stereocenters. The van der Waals surface area contributed by atoms with Crippen molar-refractivity contribution in [1.82, 2.24) is 9.97 Å². The summed E-state index contributed by atoms with van der Waals surface area (Å²) in [4.78, 5) is 21.2. The highest BCUT2D eigenvalue weighted by Crippen LogP contribution is 2.33. The highest BCUT2D eigenvalue weighted by atomic mass is 28.3. The van der Waals surface area contributed by atoms with Gasteiger partial charge in [-0.3, -0.25) is 4.79 Å². The van der Waals surface area contributed by atoms with Gasteiger partial charge in [0.25, 0.3) is 11.9 Å². The Morgan fingerprint density at radius 3 is 2.33 bits per heavy atom. The maximum absolute atomic E-state index is 12.8. The van der Waals surface area contributed by atoms with Gasteiger partial charge >= 0.3 is 0 Å². The van der Waals surface area contributed by atoms with Gasteiger partial charge in [0.05, 0.1) is 22.3 Å². The molecule has 0 aliphatic carbocycles. The van der Waals surface area contributed by atoms with E-state index in [0.717, 1.165) is 5.56 Å². The minimum absolute atomic E-state index is 0.0491. The summed E-state index contributed by atoms with van der Waals surface area (Å²) in [5.74, 6) is 0.952. The highest BCUT2D eigenvalue weighted by molar-refractivity contribution is 6.88. The second kappa shape index (κ2) is 9.95. The van der Waals surface area contributed by atoms with Gasteiger partial charge in [-0.2, -0.15) is 9.97 Å². The van der Waals surface area contributed by atoms with Gasteiger partial charge < -0.3 is 29.3 Å². The molecule has 0 aliphatic heterocycles. The first-order chi connectivity index (χ1) is 15.7. The van der Waals surface area contributed by atoms with Crippen LogP contribution in [0.3, 0.4) is 0 Å². The SMILES string of the molecule is [CH2]CNc1nc(OC)c(NC(=O)c2ccc(Oc3cc([Si](C)(C)C)ccc3C)o2)c(OC)n1. The van der Waals surface area contributed by atoms with Crippen LogP contribution in [0.25, 0.3) is 0 Å². The molecule has 1 aromatic carbocycles. The Hall–Kier alpha value is -3.53. The van der Waals surface area contributed by atoms with Crippen LogP contribution in [-0.2, 0) is 0 Å². The maximum atomic E-state index is 12.8. The van der Waals surface area contributed by atoms with Crippen molar-refractivity contribution in [2.24, 2.45) is 0 Å². The Morgan fingerprint density at radius 1 is 1.09 bits per heavy atom. The third-order valence-electron chi connectivity index (χ3n) is 4.82. The molecule has 1 amide bonds. The van der Waals surface area contributed by atoms with Crippen LogP contribution in [-0.4, -0.2) is 44.7 Å². The molecule has 0 spiro atoms. The van der Waals surface area contributed by atoms with Crippen molar-refractivity contribution in [2.75, 3.05) is 31.4 Å². The molecule has 0 atom stereocenters. The number of hydrogen-bond acceptors (Lipinski definition) is 8. The van der Waals surface area contributed by atoms with Crippen LogP contribution in [0, 0.1) is 13.8 Å². The van der Waals surface area contributed by atoms with Crippen molar-refractivity contribution >= 4 is 30.8 Å². The van der Waals surface area contributed by atoms with E-state index in [0.29, 0.717) is 12.3 Å². The first kappa shape index (κ1) is 24.1. The monoisotopic (exact) mass is 469 g/mol. The molecular weight excluding hydrogens is 440 g/mol. The lowest BCUT2D eigenvalue weighted by atomic mass is 10.2. The predicted molar refractivity (Wildman–Crippen MR) is 130 cm³/mol. The zero-order chi connectivity index (χ0) is 24.2. The van der Waals surface area contributed by atoms with E-state index in [-0.39, 0.29) is 35.1 Å². The first-order valence-corrected chi connectivity index (χ1v) is 13.9. The standard InChI is InChI=1S/C23H29N4O5Si/c1-8-24-23-26-21(29-3)19(22(27-23)30-4)25-20(28)16-11-12-18(31-16)32-17-13-15(33(5,6)7)10-9-14(17)2/h9-13H,1,8H2,2-7H3,(H,25,28)(H,24,26,27). The van der Waals surface area contributed by atoms with E-state index in [1.165, 1.54) is 25.5 Å². The molecule has 175 valence electrons. The Labute approximate surface area is 194 Å². The summed E-state index contributed by atoms with van der Waals surface area (Å²) in [7, 11) is 1.36. The molecule has 0 fully saturated rings. The fourth-order valence-corrected chi connectivity index (χ4v) is 4.12. The predicted octanol–water partition coefficient (Wildman–Crippen LogP) is 4.23. The van der Waals surface area contributed by atoms with E-state index in [1.807, 2.05) is 19.1 Å². The number of furan rings is 1. The molecule has 10 heteroatoms. The Bertz CT molecular complexity index is 1120. The largest absolute Gasteiger partial charge is 0.479 e. The van der Waals surface area contributed by atoms with Crippen molar-refractivity contribution < 1.29 is 23.4 Å². The normalized spacial score (nSPS) is 11.1. The third kappa shape index (κ3) is 5.64. The molecular formula is C23H29N4O5Si. The number of amides is 1. The van der Waals surface area contributed by atoms with Crippen LogP contribution in [0.1, 0.15) is 16.1 Å². The summed E-state index contributed by atoms with van der Waals surface area (Å²) in [5, 5.41) is 6.83. The van der Waals surface area contributed by atoms with Crippen LogP contribution in [0.15, 0.2) is 34.7 Å². The molecule has 2 N–H and O–H groups in total. The number of methoxy groups -OCH3 is 2. The van der Waals surface area contributed by atoms with Gasteiger partial charge in [-0.25, -0.2) is 0 Å². The van der Waals surface area contributed by atoms with Crippen molar-refractivity contribution in [3.05, 3.63) is 48.6 Å². The average molecular weight is 470 g/mol. The van der Waals surface area contributed by atoms with E-state index in [9.17, 15) is 4.79 Å². The van der Waals surface area contributed by atoms with Gasteiger partial charge in [0.15, 0.2) is 11.4 Å². The Balaban J connectivity index is 1.81. The number of carbonyl (C=O) groups is 1. The van der Waals surface area contributed by atoms with Gasteiger partial charge in [-0.05, 0) is 31.5 Å². The number of ether oxygens (including phenoxy) is 3. The minimum atomic E-state index is -1.51. The third-order valence-corrected chi connectivity index (χ3v) is 6.86. The second-order valence-electron chi connectivity index (χ2n) is 8.27. The van der Waals surface area contributed by atoms with E-state index in [1.54, 1.807) is 6.07 Å². The number of hydrogen-bond donors (Lipinski definition) is 2. The molecule has 0 saturated carbocycles. The molecule has 0 aliphatic rings. The average Bonchev–Trinajstić information content (AvgIpc) is 3.24. The van der Waals surface area contributed by atoms with E-state index in [4.69, 9.17) is 18.6 Å². The number of benzene rings is 1. The molecule has 0 saturated heterocycles. The summed E-state index contributed by atoms with van der Waals surface area (Å²) >= 11 is 0. The van der Waals surface area contributed by atoms with Crippen molar-refractivity contribution in [3.8, 4) is 23.5 Å². The van der Waals surface area contributed by atoms with E-state index >= 15 is 0 Å². The van der Waals surface area contributed by atoms with Gasteiger partial charge in [-0.15, -0.1) is 0 Å². The van der Waals surface area contributed by atoms with Gasteiger partial charge in [-0.1, -0.05) is 37.0 Å². The molecule has 33 heavy (non-hydrogen) atoms. The van der Waals surface area contributed by atoms with Gasteiger partial charge in [0.2, 0.25) is 17.7 Å². The first-order valence-electron chi connectivity index (χ1n) is 10.4. The lowest BCUT2D eigenvalue weighted by molar-refractivity contribution is 0.0990. The zero-order valence-corrected chi connectivity index (χ0v) is 20.7. The van der Waals surface area contributed by atoms with Crippen LogP contribution in [0.4, 0.5) is 11.6 Å². The summed E-state index contributed by atoms with van der Waals surface area (Å²) in [6.07, 6.45) is 0. The Kier molecular flexibility index (Phi) is 7.27. The number of nitrogens with one attached hydrogen (secondary N) is 2. The van der Waals surface area contributed by atoms with Crippen LogP contribution < -0.4 is 30.0 Å². The summed E-state index contributed by atoms with van der Waals surface area (Å²) < 4.78 is 22.2. The van der Waals surface area contributed by atoms with Crippen molar-refractivity contribution in [2.45, 2.75) is 26.6 Å². The topological polar surface area (TPSA) is 108 Å². The lowest BCUT2D eigenvalue weighted by Crippen LogP contribution is -2.37. The Morgan fingerprint density at radius 2 is 1.76 bits per heavy atom. The lowest BCUT2D eigenvalue weighted by Gasteiger charge is -2.18. The minimum Gasteiger partial charge on any atom is -0.479 e. The molecule has 3 rings (SSSR count). The van der Waals surface area contributed by atoms with Crippen molar-refractivity contribution in [3.63, 3.8) is 0 Å². The van der Waals surface area contributed by atoms with Gasteiger partial charge in [0.1, 0.15) is 5.75 Å².